The van der Waals surface area contributed by atoms with Gasteiger partial charge in [0.2, 0.25) is 0 Å². The fourth-order valence-electron chi connectivity index (χ4n) is 2.62. The average Bonchev–Trinajstić information content (AvgIpc) is 2.63. The Morgan fingerprint density at radius 2 is 2.00 bits per heavy atom. The summed E-state index contributed by atoms with van der Waals surface area (Å²) in [4.78, 5) is 1.65. The van der Waals surface area contributed by atoms with E-state index in [4.69, 9.17) is 0 Å². The van der Waals surface area contributed by atoms with Gasteiger partial charge in [-0.2, -0.15) is 0 Å². The smallest absolute Gasteiger partial charge is 0.0348 e. The van der Waals surface area contributed by atoms with Crippen molar-refractivity contribution < 1.29 is 0 Å². The predicted octanol–water partition coefficient (Wildman–Crippen LogP) is 4.59. The van der Waals surface area contributed by atoms with Crippen molar-refractivity contribution in [2.75, 3.05) is 0 Å². The minimum absolute atomic E-state index is 0.756. The first kappa shape index (κ1) is 9.41. The lowest BCUT2D eigenvalue weighted by Gasteiger charge is -2.25. The molecular formula is C14H16S. The summed E-state index contributed by atoms with van der Waals surface area (Å²) in [5.74, 6) is 1.61. The molecule has 0 amide bonds. The number of rotatable bonds is 0. The van der Waals surface area contributed by atoms with Crippen molar-refractivity contribution in [2.45, 2.75) is 32.6 Å². The summed E-state index contributed by atoms with van der Waals surface area (Å²) >= 11 is 2.01. The highest BCUT2D eigenvalue weighted by atomic mass is 32.1. The molecule has 0 N–H and O–H groups in total. The molecule has 0 spiro atoms. The van der Waals surface area contributed by atoms with Crippen molar-refractivity contribution >= 4 is 21.4 Å². The molecule has 0 bridgehead atoms. The quantitative estimate of drug-likeness (QED) is 0.604. The van der Waals surface area contributed by atoms with Gasteiger partial charge < -0.3 is 0 Å². The average molecular weight is 216 g/mol. The van der Waals surface area contributed by atoms with Gasteiger partial charge in [0.15, 0.2) is 0 Å². The first-order valence-electron chi connectivity index (χ1n) is 5.77. The summed E-state index contributed by atoms with van der Waals surface area (Å²) in [6.07, 6.45) is 2.64. The molecule has 0 nitrogen and oxygen atoms in total. The summed E-state index contributed by atoms with van der Waals surface area (Å²) in [5.41, 5.74) is 1.64. The third kappa shape index (κ3) is 1.33. The zero-order valence-corrected chi connectivity index (χ0v) is 10.1. The van der Waals surface area contributed by atoms with Crippen LogP contribution < -0.4 is 0 Å². The Kier molecular flexibility index (Phi) is 2.10. The van der Waals surface area contributed by atoms with Crippen LogP contribution in [0.5, 0.6) is 0 Å². The van der Waals surface area contributed by atoms with Crippen LogP contribution in [0.15, 0.2) is 24.3 Å². The molecule has 0 fully saturated rings. The summed E-state index contributed by atoms with van der Waals surface area (Å²) < 4.78 is 1.48. The summed E-state index contributed by atoms with van der Waals surface area (Å²) in [6.45, 7) is 4.77. The van der Waals surface area contributed by atoms with Crippen LogP contribution >= 0.6 is 11.3 Å². The standard InChI is InChI=1S/C14H16S/c1-9-7-8-12-11-5-3-4-6-13(11)15-14(12)10(9)2/h3-6,9-10H,7-8H2,1-2H3. The molecule has 0 saturated carbocycles. The molecule has 78 valence electrons. The van der Waals surface area contributed by atoms with E-state index in [1.165, 1.54) is 22.9 Å². The monoisotopic (exact) mass is 216 g/mol. The number of aryl methyl sites for hydroxylation is 1. The van der Waals surface area contributed by atoms with Crippen LogP contribution in [0.4, 0.5) is 0 Å². The van der Waals surface area contributed by atoms with E-state index in [0.29, 0.717) is 0 Å². The van der Waals surface area contributed by atoms with Crippen molar-refractivity contribution in [1.29, 1.82) is 0 Å². The van der Waals surface area contributed by atoms with Crippen LogP contribution in [0.25, 0.3) is 10.1 Å². The lowest BCUT2D eigenvalue weighted by molar-refractivity contribution is 0.434. The van der Waals surface area contributed by atoms with Gasteiger partial charge in [-0.15, -0.1) is 11.3 Å². The number of fused-ring (bicyclic) bond motifs is 3. The molecule has 0 saturated heterocycles. The maximum Gasteiger partial charge on any atom is 0.0348 e. The lowest BCUT2D eigenvalue weighted by atomic mass is 9.81. The van der Waals surface area contributed by atoms with E-state index in [1.807, 2.05) is 11.3 Å². The van der Waals surface area contributed by atoms with Crippen LogP contribution in [-0.4, -0.2) is 0 Å². The Labute approximate surface area is 94.9 Å². The molecule has 2 atom stereocenters. The molecule has 1 heterocycles. The lowest BCUT2D eigenvalue weighted by Crippen LogP contribution is -2.13. The van der Waals surface area contributed by atoms with Crippen LogP contribution in [0.2, 0.25) is 0 Å². The minimum Gasteiger partial charge on any atom is -0.140 e. The van der Waals surface area contributed by atoms with Gasteiger partial charge in [0.25, 0.3) is 0 Å². The van der Waals surface area contributed by atoms with Crippen LogP contribution in [-0.2, 0) is 6.42 Å². The van der Waals surface area contributed by atoms with Gasteiger partial charge >= 0.3 is 0 Å². The molecule has 1 aromatic carbocycles. The van der Waals surface area contributed by atoms with E-state index in [-0.39, 0.29) is 0 Å². The van der Waals surface area contributed by atoms with Gasteiger partial charge in [-0.1, -0.05) is 32.0 Å². The van der Waals surface area contributed by atoms with Gasteiger partial charge in [0.1, 0.15) is 0 Å². The first-order chi connectivity index (χ1) is 7.27. The van der Waals surface area contributed by atoms with Crippen molar-refractivity contribution in [3.8, 4) is 0 Å². The molecule has 1 heteroatoms. The SMILES string of the molecule is CC1CCc2c(sc3ccccc23)C1C. The molecule has 1 aliphatic rings. The molecule has 2 aromatic rings. The van der Waals surface area contributed by atoms with E-state index >= 15 is 0 Å². The topological polar surface area (TPSA) is 0 Å². The van der Waals surface area contributed by atoms with Crippen LogP contribution in [0.1, 0.15) is 36.6 Å². The number of thiophene rings is 1. The third-order valence-corrected chi connectivity index (χ3v) is 5.26. The van der Waals surface area contributed by atoms with Crippen molar-refractivity contribution in [3.05, 3.63) is 34.7 Å². The van der Waals surface area contributed by atoms with Gasteiger partial charge in [0, 0.05) is 9.58 Å². The maximum absolute atomic E-state index is 2.39. The predicted molar refractivity (Wildman–Crippen MR) is 67.7 cm³/mol. The van der Waals surface area contributed by atoms with Crippen LogP contribution in [0.3, 0.4) is 0 Å². The van der Waals surface area contributed by atoms with Gasteiger partial charge in [-0.3, -0.25) is 0 Å². The normalized spacial score (nSPS) is 25.5. The number of benzene rings is 1. The van der Waals surface area contributed by atoms with Gasteiger partial charge in [-0.25, -0.2) is 0 Å². The molecule has 0 radical (unpaired) electrons. The minimum atomic E-state index is 0.756. The summed E-state index contributed by atoms with van der Waals surface area (Å²) in [6, 6.07) is 8.86. The second-order valence-electron chi connectivity index (χ2n) is 4.75. The molecule has 0 aliphatic heterocycles. The molecule has 1 aliphatic carbocycles. The number of hydrogen-bond donors (Lipinski definition) is 0. The fourth-order valence-corrected chi connectivity index (χ4v) is 4.06. The largest absolute Gasteiger partial charge is 0.140 e. The number of hydrogen-bond acceptors (Lipinski definition) is 1. The Bertz CT molecular complexity index is 495. The van der Waals surface area contributed by atoms with E-state index in [2.05, 4.69) is 38.1 Å². The molecule has 2 unspecified atom stereocenters. The molecule has 1 aromatic heterocycles. The van der Waals surface area contributed by atoms with Gasteiger partial charge in [-0.05, 0) is 41.7 Å². The van der Waals surface area contributed by atoms with Crippen LogP contribution in [0, 0.1) is 5.92 Å². The first-order valence-corrected chi connectivity index (χ1v) is 6.59. The highest BCUT2D eigenvalue weighted by Crippen LogP contribution is 2.44. The van der Waals surface area contributed by atoms with Crippen molar-refractivity contribution in [2.24, 2.45) is 5.92 Å². The Morgan fingerprint density at radius 1 is 1.20 bits per heavy atom. The molecule has 3 rings (SSSR count). The zero-order valence-electron chi connectivity index (χ0n) is 9.29. The highest BCUT2D eigenvalue weighted by molar-refractivity contribution is 7.19. The fraction of sp³-hybridized carbons (Fsp3) is 0.429. The highest BCUT2D eigenvalue weighted by Gasteiger charge is 2.26. The third-order valence-electron chi connectivity index (χ3n) is 3.85. The zero-order chi connectivity index (χ0) is 10.4. The molecule has 15 heavy (non-hydrogen) atoms. The van der Waals surface area contributed by atoms with E-state index < -0.39 is 0 Å². The van der Waals surface area contributed by atoms with Crippen molar-refractivity contribution in [3.63, 3.8) is 0 Å². The van der Waals surface area contributed by atoms with Crippen molar-refractivity contribution in [1.82, 2.24) is 0 Å². The summed E-state index contributed by atoms with van der Waals surface area (Å²) in [5, 5.41) is 1.51. The molecular weight excluding hydrogens is 200 g/mol. The summed E-state index contributed by atoms with van der Waals surface area (Å²) in [7, 11) is 0. The van der Waals surface area contributed by atoms with E-state index in [0.717, 1.165) is 11.8 Å². The Morgan fingerprint density at radius 3 is 2.87 bits per heavy atom. The maximum atomic E-state index is 2.39. The van der Waals surface area contributed by atoms with Gasteiger partial charge in [0.05, 0.1) is 0 Å². The van der Waals surface area contributed by atoms with E-state index in [9.17, 15) is 0 Å². The van der Waals surface area contributed by atoms with E-state index in [1.54, 1.807) is 10.4 Å². The Hall–Kier alpha value is -0.820. The Balaban J connectivity index is 2.26. The second-order valence-corrected chi connectivity index (χ2v) is 5.83. The second kappa shape index (κ2) is 3.34.